The fourth-order valence-electron chi connectivity index (χ4n) is 3.80. The number of phenols is 1. The Labute approximate surface area is 139 Å². The maximum absolute atomic E-state index is 13.1. The van der Waals surface area contributed by atoms with E-state index in [9.17, 15) is 15.0 Å². The molecular formula is C20H17NO3. The lowest BCUT2D eigenvalue weighted by Gasteiger charge is -2.35. The van der Waals surface area contributed by atoms with E-state index in [1.54, 1.807) is 36.4 Å². The molecule has 4 rings (SSSR count). The molecule has 2 aromatic carbocycles. The van der Waals surface area contributed by atoms with Gasteiger partial charge in [-0.05, 0) is 47.9 Å². The minimum atomic E-state index is -0.877. The quantitative estimate of drug-likeness (QED) is 0.791. The van der Waals surface area contributed by atoms with E-state index in [1.165, 1.54) is 0 Å². The zero-order valence-corrected chi connectivity index (χ0v) is 12.9. The van der Waals surface area contributed by atoms with Crippen molar-refractivity contribution >= 4 is 11.6 Å². The van der Waals surface area contributed by atoms with Gasteiger partial charge in [-0.15, -0.1) is 0 Å². The number of fused-ring (bicyclic) bond motifs is 1. The first-order valence-electron chi connectivity index (χ1n) is 7.90. The van der Waals surface area contributed by atoms with Crippen molar-refractivity contribution in [2.75, 3.05) is 5.32 Å². The standard InChI is InChI=1S/C20H17NO3/c22-15-9-5-13(6-10-15)20(14-7-11-16(23)12-8-14)17-3-1-2-4-18(17)21-19(20)24/h1-7,9-12,14,22-23H,8H2,(H,21,24). The zero-order valence-electron chi connectivity index (χ0n) is 12.9. The number of benzene rings is 2. The minimum absolute atomic E-state index is 0.0844. The highest BCUT2D eigenvalue weighted by atomic mass is 16.3. The van der Waals surface area contributed by atoms with Crippen LogP contribution in [0.2, 0.25) is 0 Å². The van der Waals surface area contributed by atoms with Gasteiger partial charge in [0.25, 0.3) is 0 Å². The van der Waals surface area contributed by atoms with Crippen molar-refractivity contribution in [3.63, 3.8) is 0 Å². The van der Waals surface area contributed by atoms with Gasteiger partial charge in [0.15, 0.2) is 0 Å². The van der Waals surface area contributed by atoms with Gasteiger partial charge in [-0.2, -0.15) is 0 Å². The molecule has 0 saturated heterocycles. The average Bonchev–Trinajstić information content (AvgIpc) is 2.89. The van der Waals surface area contributed by atoms with Crippen LogP contribution in [-0.4, -0.2) is 16.1 Å². The number of hydrogen-bond donors (Lipinski definition) is 3. The van der Waals surface area contributed by atoms with Crippen molar-refractivity contribution < 1.29 is 15.0 Å². The van der Waals surface area contributed by atoms with Gasteiger partial charge in [0, 0.05) is 11.6 Å². The molecule has 0 saturated carbocycles. The molecular weight excluding hydrogens is 302 g/mol. The molecule has 4 heteroatoms. The van der Waals surface area contributed by atoms with Gasteiger partial charge in [-0.25, -0.2) is 0 Å². The van der Waals surface area contributed by atoms with Gasteiger partial charge in [-0.1, -0.05) is 36.4 Å². The molecule has 0 spiro atoms. The minimum Gasteiger partial charge on any atom is -0.508 e. The fraction of sp³-hybridized carbons (Fsp3) is 0.150. The topological polar surface area (TPSA) is 69.6 Å². The van der Waals surface area contributed by atoms with Crippen molar-refractivity contribution in [1.29, 1.82) is 0 Å². The van der Waals surface area contributed by atoms with Gasteiger partial charge in [0.05, 0.1) is 0 Å². The summed E-state index contributed by atoms with van der Waals surface area (Å²) in [6.07, 6.45) is 5.83. The molecule has 0 radical (unpaired) electrons. The molecule has 4 nitrogen and oxygen atoms in total. The summed E-state index contributed by atoms with van der Waals surface area (Å²) in [6.45, 7) is 0. The number of aliphatic hydroxyl groups is 1. The molecule has 1 amide bonds. The Morgan fingerprint density at radius 1 is 1.04 bits per heavy atom. The molecule has 2 atom stereocenters. The number of phenolic OH excluding ortho intramolecular Hbond substituents is 1. The van der Waals surface area contributed by atoms with E-state index in [0.717, 1.165) is 16.8 Å². The Balaban J connectivity index is 1.96. The summed E-state index contributed by atoms with van der Waals surface area (Å²) in [4.78, 5) is 13.1. The molecule has 1 aliphatic heterocycles. The third kappa shape index (κ3) is 1.96. The number of rotatable bonds is 2. The van der Waals surface area contributed by atoms with Gasteiger partial charge in [-0.3, -0.25) is 4.79 Å². The lowest BCUT2D eigenvalue weighted by Crippen LogP contribution is -2.42. The highest BCUT2D eigenvalue weighted by Crippen LogP contribution is 2.50. The summed E-state index contributed by atoms with van der Waals surface area (Å²) in [6, 6.07) is 14.5. The number of carbonyl (C=O) groups excluding carboxylic acids is 1. The first-order valence-corrected chi connectivity index (χ1v) is 7.90. The van der Waals surface area contributed by atoms with Crippen LogP contribution in [0.5, 0.6) is 5.75 Å². The first kappa shape index (κ1) is 14.6. The Hall–Kier alpha value is -3.01. The Morgan fingerprint density at radius 3 is 2.50 bits per heavy atom. The SMILES string of the molecule is O=C1Nc2ccccc2C1(c1ccc(O)cc1)C1C=CC(O)=CC1. The van der Waals surface area contributed by atoms with Crippen LogP contribution in [-0.2, 0) is 10.2 Å². The van der Waals surface area contributed by atoms with E-state index >= 15 is 0 Å². The van der Waals surface area contributed by atoms with Crippen molar-refractivity contribution in [1.82, 2.24) is 0 Å². The molecule has 3 N–H and O–H groups in total. The maximum atomic E-state index is 13.1. The van der Waals surface area contributed by atoms with Crippen molar-refractivity contribution in [3.05, 3.63) is 83.6 Å². The smallest absolute Gasteiger partial charge is 0.240 e. The molecule has 2 aromatic rings. The van der Waals surface area contributed by atoms with Gasteiger partial charge in [0.2, 0.25) is 5.91 Å². The predicted octanol–water partition coefficient (Wildman–Crippen LogP) is 3.65. The third-order valence-electron chi connectivity index (χ3n) is 4.92. The predicted molar refractivity (Wildman–Crippen MR) is 91.9 cm³/mol. The third-order valence-corrected chi connectivity index (χ3v) is 4.92. The fourth-order valence-corrected chi connectivity index (χ4v) is 3.80. The van der Waals surface area contributed by atoms with Crippen molar-refractivity contribution in [2.24, 2.45) is 5.92 Å². The van der Waals surface area contributed by atoms with Crippen LogP contribution in [0.1, 0.15) is 17.5 Å². The molecule has 0 bridgehead atoms. The monoisotopic (exact) mass is 319 g/mol. The highest BCUT2D eigenvalue weighted by Gasteiger charge is 2.52. The summed E-state index contributed by atoms with van der Waals surface area (Å²) in [5.74, 6) is 0.177. The van der Waals surface area contributed by atoms with E-state index in [4.69, 9.17) is 0 Å². The van der Waals surface area contributed by atoms with Crippen molar-refractivity contribution in [3.8, 4) is 5.75 Å². The van der Waals surface area contributed by atoms with Crippen LogP contribution in [0.15, 0.2) is 72.5 Å². The normalized spacial score (nSPS) is 25.1. The lowest BCUT2D eigenvalue weighted by molar-refractivity contribution is -0.120. The van der Waals surface area contributed by atoms with E-state index < -0.39 is 5.41 Å². The molecule has 120 valence electrons. The summed E-state index contributed by atoms with van der Waals surface area (Å²) >= 11 is 0. The molecule has 24 heavy (non-hydrogen) atoms. The van der Waals surface area contributed by atoms with Crippen LogP contribution in [0.25, 0.3) is 0 Å². The van der Waals surface area contributed by atoms with E-state index in [2.05, 4.69) is 5.32 Å². The Bertz CT molecular complexity index is 867. The molecule has 0 aromatic heterocycles. The van der Waals surface area contributed by atoms with Crippen LogP contribution in [0.4, 0.5) is 5.69 Å². The number of aliphatic hydroxyl groups excluding tert-OH is 1. The van der Waals surface area contributed by atoms with Crippen LogP contribution in [0, 0.1) is 5.92 Å². The second-order valence-electron chi connectivity index (χ2n) is 6.18. The second-order valence-corrected chi connectivity index (χ2v) is 6.18. The summed E-state index contributed by atoms with van der Waals surface area (Å²) in [5.41, 5.74) is 1.68. The van der Waals surface area contributed by atoms with Gasteiger partial charge in [0.1, 0.15) is 16.9 Å². The number of allylic oxidation sites excluding steroid dienone is 3. The second kappa shape index (κ2) is 5.27. The number of para-hydroxylation sites is 1. The van der Waals surface area contributed by atoms with Crippen LogP contribution >= 0.6 is 0 Å². The maximum Gasteiger partial charge on any atom is 0.240 e. The summed E-state index contributed by atoms with van der Waals surface area (Å²) < 4.78 is 0. The number of anilines is 1. The number of nitrogens with one attached hydrogen (secondary N) is 1. The van der Waals surface area contributed by atoms with Gasteiger partial charge < -0.3 is 15.5 Å². The average molecular weight is 319 g/mol. The van der Waals surface area contributed by atoms with E-state index in [-0.39, 0.29) is 23.3 Å². The number of hydrogen-bond acceptors (Lipinski definition) is 3. The highest BCUT2D eigenvalue weighted by molar-refractivity contribution is 6.09. The van der Waals surface area contributed by atoms with E-state index in [0.29, 0.717) is 6.42 Å². The largest absolute Gasteiger partial charge is 0.508 e. The summed E-state index contributed by atoms with van der Waals surface area (Å²) in [5, 5.41) is 22.3. The molecule has 2 aliphatic rings. The van der Waals surface area contributed by atoms with E-state index in [1.807, 2.05) is 30.3 Å². The Kier molecular flexibility index (Phi) is 3.20. The van der Waals surface area contributed by atoms with Crippen molar-refractivity contribution in [2.45, 2.75) is 11.8 Å². The molecule has 0 fully saturated rings. The summed E-state index contributed by atoms with van der Waals surface area (Å²) in [7, 11) is 0. The lowest BCUT2D eigenvalue weighted by atomic mass is 9.64. The Morgan fingerprint density at radius 2 is 1.79 bits per heavy atom. The zero-order chi connectivity index (χ0) is 16.7. The first-order chi connectivity index (χ1) is 11.6. The van der Waals surface area contributed by atoms with Crippen LogP contribution < -0.4 is 5.32 Å². The number of amides is 1. The van der Waals surface area contributed by atoms with Crippen LogP contribution in [0.3, 0.4) is 0 Å². The number of carbonyl (C=O) groups is 1. The molecule has 2 unspecified atom stereocenters. The molecule has 1 heterocycles. The van der Waals surface area contributed by atoms with Gasteiger partial charge >= 0.3 is 0 Å². The molecule has 1 aliphatic carbocycles. The number of aromatic hydroxyl groups is 1.